The van der Waals surface area contributed by atoms with E-state index in [1.54, 1.807) is 10.7 Å². The van der Waals surface area contributed by atoms with Crippen LogP contribution in [0.2, 0.25) is 0 Å². The van der Waals surface area contributed by atoms with Gasteiger partial charge in [-0.3, -0.25) is 9.69 Å². The number of anilines is 1. The molecular formula is C20H29FN6O. The van der Waals surface area contributed by atoms with Gasteiger partial charge in [0, 0.05) is 30.6 Å². The maximum atomic E-state index is 13.7. The van der Waals surface area contributed by atoms with Crippen molar-refractivity contribution in [3.8, 4) is 0 Å². The third-order valence-electron chi connectivity index (χ3n) is 5.16. The van der Waals surface area contributed by atoms with Gasteiger partial charge in [0.25, 0.3) is 5.56 Å². The van der Waals surface area contributed by atoms with Crippen LogP contribution in [0.3, 0.4) is 0 Å². The van der Waals surface area contributed by atoms with Crippen LogP contribution in [0.15, 0.2) is 29.5 Å². The molecule has 0 saturated carbocycles. The third kappa shape index (κ3) is 5.13. The Morgan fingerprint density at radius 2 is 2.07 bits per heavy atom. The van der Waals surface area contributed by atoms with Crippen LogP contribution in [0.25, 0.3) is 0 Å². The Bertz CT molecular complexity index is 847. The summed E-state index contributed by atoms with van der Waals surface area (Å²) < 4.78 is 15.3. The first-order chi connectivity index (χ1) is 13.3. The van der Waals surface area contributed by atoms with Crippen molar-refractivity contribution in [2.24, 2.45) is 0 Å². The lowest BCUT2D eigenvalue weighted by atomic mass is 9.92. The Morgan fingerprint density at radius 1 is 1.25 bits per heavy atom. The molecule has 0 bridgehead atoms. The quantitative estimate of drug-likeness (QED) is 0.819. The molecule has 2 aromatic rings. The molecule has 0 aliphatic carbocycles. The van der Waals surface area contributed by atoms with Gasteiger partial charge in [-0.1, -0.05) is 27.2 Å². The summed E-state index contributed by atoms with van der Waals surface area (Å²) in [6.07, 6.45) is 5.80. The van der Waals surface area contributed by atoms with Crippen LogP contribution in [-0.2, 0) is 12.0 Å². The van der Waals surface area contributed by atoms with Gasteiger partial charge in [-0.15, -0.1) is 0 Å². The maximum Gasteiger partial charge on any atom is 0.266 e. The summed E-state index contributed by atoms with van der Waals surface area (Å²) in [5.41, 5.74) is 0.722. The molecule has 3 rings (SSSR count). The standard InChI is InChI=1S/C20H29FN6O/c1-20(2,3)17-7-8-18(28)27(25-17)11-10-26-9-5-4-6-15(26)12-23-19-16(21)13-22-14-24-19/h7-8,13-15H,4-6,9-12H2,1-3H3,(H,22,23,24). The highest BCUT2D eigenvalue weighted by atomic mass is 19.1. The van der Waals surface area contributed by atoms with E-state index in [4.69, 9.17) is 0 Å². The summed E-state index contributed by atoms with van der Waals surface area (Å²) in [5.74, 6) is -0.212. The van der Waals surface area contributed by atoms with Crippen molar-refractivity contribution in [1.82, 2.24) is 24.6 Å². The minimum Gasteiger partial charge on any atom is -0.366 e. The lowest BCUT2D eigenvalue weighted by Gasteiger charge is -2.36. The smallest absolute Gasteiger partial charge is 0.266 e. The second-order valence-corrected chi connectivity index (χ2v) is 8.32. The van der Waals surface area contributed by atoms with Gasteiger partial charge in [0.2, 0.25) is 0 Å². The van der Waals surface area contributed by atoms with E-state index in [1.165, 1.54) is 6.33 Å². The van der Waals surface area contributed by atoms with E-state index in [0.717, 1.165) is 44.2 Å². The molecule has 1 N–H and O–H groups in total. The highest BCUT2D eigenvalue weighted by molar-refractivity contribution is 5.33. The largest absolute Gasteiger partial charge is 0.366 e. The average molecular weight is 388 g/mol. The van der Waals surface area contributed by atoms with Crippen molar-refractivity contribution in [2.45, 2.75) is 58.0 Å². The minimum atomic E-state index is -0.445. The van der Waals surface area contributed by atoms with Crippen molar-refractivity contribution in [3.05, 3.63) is 46.5 Å². The van der Waals surface area contributed by atoms with Crippen molar-refractivity contribution >= 4 is 5.82 Å². The SMILES string of the molecule is CC(C)(C)c1ccc(=O)n(CCN2CCCCC2CNc2ncncc2F)n1. The molecule has 1 fully saturated rings. The number of nitrogens with zero attached hydrogens (tertiary/aromatic N) is 5. The monoisotopic (exact) mass is 388 g/mol. The molecule has 152 valence electrons. The fourth-order valence-electron chi connectivity index (χ4n) is 3.48. The van der Waals surface area contributed by atoms with E-state index in [2.05, 4.69) is 46.1 Å². The fourth-order valence-corrected chi connectivity index (χ4v) is 3.48. The number of rotatable bonds is 6. The van der Waals surface area contributed by atoms with Gasteiger partial charge >= 0.3 is 0 Å². The molecule has 7 nitrogen and oxygen atoms in total. The second kappa shape index (κ2) is 8.77. The van der Waals surface area contributed by atoms with E-state index in [1.807, 2.05) is 6.07 Å². The van der Waals surface area contributed by atoms with Crippen molar-refractivity contribution < 1.29 is 4.39 Å². The number of piperidine rings is 1. The van der Waals surface area contributed by atoms with Crippen LogP contribution in [0, 0.1) is 5.82 Å². The predicted octanol–water partition coefficient (Wildman–Crippen LogP) is 2.44. The Hall–Kier alpha value is -2.35. The molecule has 1 saturated heterocycles. The van der Waals surface area contributed by atoms with Gasteiger partial charge < -0.3 is 5.32 Å². The van der Waals surface area contributed by atoms with Gasteiger partial charge in [0.05, 0.1) is 18.4 Å². The van der Waals surface area contributed by atoms with E-state index in [9.17, 15) is 9.18 Å². The molecule has 3 heterocycles. The molecule has 1 unspecified atom stereocenters. The zero-order chi connectivity index (χ0) is 20.1. The van der Waals surface area contributed by atoms with Crippen LogP contribution in [-0.4, -0.2) is 50.3 Å². The van der Waals surface area contributed by atoms with Gasteiger partial charge in [-0.25, -0.2) is 19.0 Å². The maximum absolute atomic E-state index is 13.7. The second-order valence-electron chi connectivity index (χ2n) is 8.32. The zero-order valence-corrected chi connectivity index (χ0v) is 16.9. The van der Waals surface area contributed by atoms with E-state index >= 15 is 0 Å². The highest BCUT2D eigenvalue weighted by Crippen LogP contribution is 2.19. The first-order valence-corrected chi connectivity index (χ1v) is 9.86. The Labute approximate surface area is 165 Å². The normalized spacial score (nSPS) is 18.2. The number of aromatic nitrogens is 4. The lowest BCUT2D eigenvalue weighted by Crippen LogP contribution is -2.46. The van der Waals surface area contributed by atoms with E-state index in [-0.39, 0.29) is 22.8 Å². The molecule has 2 aromatic heterocycles. The summed E-state index contributed by atoms with van der Waals surface area (Å²) in [5, 5.41) is 7.65. The van der Waals surface area contributed by atoms with Gasteiger partial charge in [0.1, 0.15) is 6.33 Å². The average Bonchev–Trinajstić information content (AvgIpc) is 2.66. The summed E-state index contributed by atoms with van der Waals surface area (Å²) in [6, 6.07) is 3.67. The van der Waals surface area contributed by atoms with Crippen LogP contribution in [0.5, 0.6) is 0 Å². The Balaban J connectivity index is 1.64. The van der Waals surface area contributed by atoms with Gasteiger partial charge in [0.15, 0.2) is 11.6 Å². The molecule has 8 heteroatoms. The van der Waals surface area contributed by atoms with Crippen molar-refractivity contribution in [3.63, 3.8) is 0 Å². The number of likely N-dealkylation sites (tertiary alicyclic amines) is 1. The Kier molecular flexibility index (Phi) is 6.39. The third-order valence-corrected chi connectivity index (χ3v) is 5.16. The minimum absolute atomic E-state index is 0.0808. The van der Waals surface area contributed by atoms with Crippen LogP contribution in [0.4, 0.5) is 10.2 Å². The lowest BCUT2D eigenvalue weighted by molar-refractivity contribution is 0.147. The topological polar surface area (TPSA) is 75.9 Å². The molecule has 0 amide bonds. The van der Waals surface area contributed by atoms with Crippen LogP contribution in [0.1, 0.15) is 45.7 Å². The molecule has 1 aliphatic rings. The Morgan fingerprint density at radius 3 is 2.82 bits per heavy atom. The summed E-state index contributed by atoms with van der Waals surface area (Å²) >= 11 is 0. The van der Waals surface area contributed by atoms with Crippen molar-refractivity contribution in [1.29, 1.82) is 0 Å². The molecule has 1 atom stereocenters. The number of hydrogen-bond acceptors (Lipinski definition) is 6. The number of nitrogens with one attached hydrogen (secondary N) is 1. The molecule has 0 spiro atoms. The molecule has 0 radical (unpaired) electrons. The predicted molar refractivity (Wildman–Crippen MR) is 107 cm³/mol. The molecule has 1 aliphatic heterocycles. The van der Waals surface area contributed by atoms with Gasteiger partial charge in [-0.2, -0.15) is 5.10 Å². The molecule has 0 aromatic carbocycles. The van der Waals surface area contributed by atoms with Crippen molar-refractivity contribution in [2.75, 3.05) is 25.0 Å². The summed E-state index contributed by atoms with van der Waals surface area (Å²) in [6.45, 7) is 9.11. The fraction of sp³-hybridized carbons (Fsp3) is 0.600. The van der Waals surface area contributed by atoms with Crippen LogP contribution < -0.4 is 10.9 Å². The highest BCUT2D eigenvalue weighted by Gasteiger charge is 2.23. The zero-order valence-electron chi connectivity index (χ0n) is 16.9. The van der Waals surface area contributed by atoms with E-state index < -0.39 is 5.82 Å². The number of hydrogen-bond donors (Lipinski definition) is 1. The van der Waals surface area contributed by atoms with Gasteiger partial charge in [-0.05, 0) is 25.5 Å². The summed E-state index contributed by atoms with van der Waals surface area (Å²) in [7, 11) is 0. The first kappa shape index (κ1) is 20.4. The van der Waals surface area contributed by atoms with Crippen LogP contribution >= 0.6 is 0 Å². The molecular weight excluding hydrogens is 359 g/mol. The first-order valence-electron chi connectivity index (χ1n) is 9.86. The van der Waals surface area contributed by atoms with E-state index in [0.29, 0.717) is 13.1 Å². The number of halogens is 1. The summed E-state index contributed by atoms with van der Waals surface area (Å²) in [4.78, 5) is 22.2. The molecule has 28 heavy (non-hydrogen) atoms.